The molecule has 0 atom stereocenters. The number of aromatic nitrogens is 2. The molecule has 0 fully saturated rings. The van der Waals surface area contributed by atoms with Gasteiger partial charge in [-0.3, -0.25) is 0 Å². The highest BCUT2D eigenvalue weighted by molar-refractivity contribution is 9.10. The molecule has 0 radical (unpaired) electrons. The van der Waals surface area contributed by atoms with E-state index in [0.29, 0.717) is 11.5 Å². The molecular weight excluding hydrogens is 342 g/mol. The van der Waals surface area contributed by atoms with Gasteiger partial charge in [-0.25, -0.2) is 4.98 Å². The van der Waals surface area contributed by atoms with E-state index in [-0.39, 0.29) is 0 Å². The summed E-state index contributed by atoms with van der Waals surface area (Å²) in [7, 11) is 1.56. The van der Waals surface area contributed by atoms with E-state index in [1.165, 1.54) is 0 Å². The first-order valence-electron chi connectivity index (χ1n) is 6.60. The minimum atomic E-state index is 0.497. The Morgan fingerprint density at radius 3 is 3.05 bits per heavy atom. The Hall–Kier alpha value is -2.58. The minimum absolute atomic E-state index is 0.497. The predicted molar refractivity (Wildman–Crippen MR) is 90.3 cm³/mol. The van der Waals surface area contributed by atoms with Crippen molar-refractivity contribution in [3.8, 4) is 11.9 Å². The zero-order valence-electron chi connectivity index (χ0n) is 11.8. The second-order valence-corrected chi connectivity index (χ2v) is 5.58. The number of hydrogen-bond donors (Lipinski definition) is 1. The SMILES string of the molecule is COc1ncccc1C=C(C#N)c1c[nH]c2ccc(Br)cc12. The molecule has 0 spiro atoms. The van der Waals surface area contributed by atoms with E-state index >= 15 is 0 Å². The molecule has 0 saturated carbocycles. The van der Waals surface area contributed by atoms with Crippen molar-refractivity contribution in [3.63, 3.8) is 0 Å². The molecule has 0 saturated heterocycles. The Morgan fingerprint density at radius 2 is 2.27 bits per heavy atom. The fourth-order valence-corrected chi connectivity index (χ4v) is 2.69. The zero-order valence-corrected chi connectivity index (χ0v) is 13.4. The maximum Gasteiger partial charge on any atom is 0.220 e. The quantitative estimate of drug-likeness (QED) is 0.709. The molecule has 3 aromatic rings. The summed E-state index contributed by atoms with van der Waals surface area (Å²) in [5.41, 5.74) is 3.16. The summed E-state index contributed by atoms with van der Waals surface area (Å²) in [6, 6.07) is 11.9. The Kier molecular flexibility index (Phi) is 3.94. The smallest absolute Gasteiger partial charge is 0.220 e. The van der Waals surface area contributed by atoms with Gasteiger partial charge in [0.15, 0.2) is 0 Å². The number of benzene rings is 1. The van der Waals surface area contributed by atoms with E-state index in [0.717, 1.165) is 26.5 Å². The number of hydrogen-bond acceptors (Lipinski definition) is 3. The van der Waals surface area contributed by atoms with Crippen molar-refractivity contribution in [1.29, 1.82) is 5.26 Å². The zero-order chi connectivity index (χ0) is 15.5. The van der Waals surface area contributed by atoms with Crippen LogP contribution in [-0.4, -0.2) is 17.1 Å². The maximum absolute atomic E-state index is 9.55. The van der Waals surface area contributed by atoms with Crippen molar-refractivity contribution in [3.05, 3.63) is 58.3 Å². The van der Waals surface area contributed by atoms with Gasteiger partial charge < -0.3 is 9.72 Å². The number of aromatic amines is 1. The molecule has 0 aliphatic carbocycles. The molecule has 4 nitrogen and oxygen atoms in total. The van der Waals surface area contributed by atoms with Gasteiger partial charge in [-0.15, -0.1) is 0 Å². The van der Waals surface area contributed by atoms with Gasteiger partial charge in [0.1, 0.15) is 0 Å². The normalized spacial score (nSPS) is 11.4. The van der Waals surface area contributed by atoms with Crippen LogP contribution >= 0.6 is 15.9 Å². The van der Waals surface area contributed by atoms with Gasteiger partial charge in [-0.2, -0.15) is 5.26 Å². The second kappa shape index (κ2) is 6.04. The first kappa shape index (κ1) is 14.4. The van der Waals surface area contributed by atoms with Gasteiger partial charge in [0.2, 0.25) is 5.88 Å². The fourth-order valence-electron chi connectivity index (χ4n) is 2.33. The molecule has 0 unspecified atom stereocenters. The van der Waals surface area contributed by atoms with Crippen LogP contribution in [0.15, 0.2) is 47.2 Å². The number of nitrogens with one attached hydrogen (secondary N) is 1. The van der Waals surface area contributed by atoms with Crippen molar-refractivity contribution in [2.75, 3.05) is 7.11 Å². The molecular formula is C17H12BrN3O. The molecule has 0 amide bonds. The largest absolute Gasteiger partial charge is 0.481 e. The number of ether oxygens (including phenoxy) is 1. The third-order valence-corrected chi connectivity index (χ3v) is 3.84. The Balaban J connectivity index is 2.16. The summed E-state index contributed by atoms with van der Waals surface area (Å²) in [6.07, 6.45) is 5.29. The summed E-state index contributed by atoms with van der Waals surface area (Å²) < 4.78 is 6.20. The molecule has 22 heavy (non-hydrogen) atoms. The minimum Gasteiger partial charge on any atom is -0.481 e. The number of allylic oxidation sites excluding steroid dienone is 1. The standard InChI is InChI=1S/C17H12BrN3O/c1-22-17-11(3-2-6-20-17)7-12(9-19)15-10-21-16-5-4-13(18)8-14(15)16/h2-8,10,21H,1H3. The monoisotopic (exact) mass is 353 g/mol. The molecule has 1 aromatic carbocycles. The van der Waals surface area contributed by atoms with Crippen LogP contribution < -0.4 is 4.74 Å². The van der Waals surface area contributed by atoms with Gasteiger partial charge in [-0.05, 0) is 36.4 Å². The number of fused-ring (bicyclic) bond motifs is 1. The van der Waals surface area contributed by atoms with Crippen LogP contribution in [0.5, 0.6) is 5.88 Å². The van der Waals surface area contributed by atoms with Crippen molar-refractivity contribution in [1.82, 2.24) is 9.97 Å². The van der Waals surface area contributed by atoms with Gasteiger partial charge in [0, 0.05) is 38.9 Å². The third-order valence-electron chi connectivity index (χ3n) is 3.35. The average molecular weight is 354 g/mol. The van der Waals surface area contributed by atoms with E-state index in [9.17, 15) is 5.26 Å². The number of H-pyrrole nitrogens is 1. The van der Waals surface area contributed by atoms with E-state index in [4.69, 9.17) is 4.74 Å². The molecule has 108 valence electrons. The Morgan fingerprint density at radius 1 is 1.41 bits per heavy atom. The highest BCUT2D eigenvalue weighted by Crippen LogP contribution is 2.29. The third kappa shape index (κ3) is 2.61. The lowest BCUT2D eigenvalue weighted by molar-refractivity contribution is 0.397. The number of nitriles is 1. The number of pyridine rings is 1. The van der Waals surface area contributed by atoms with Crippen molar-refractivity contribution in [2.24, 2.45) is 0 Å². The van der Waals surface area contributed by atoms with Crippen LogP contribution in [0, 0.1) is 11.3 Å². The lowest BCUT2D eigenvalue weighted by atomic mass is 10.0. The van der Waals surface area contributed by atoms with Crippen molar-refractivity contribution in [2.45, 2.75) is 0 Å². The second-order valence-electron chi connectivity index (χ2n) is 4.66. The molecule has 0 aliphatic heterocycles. The van der Waals surface area contributed by atoms with Gasteiger partial charge in [-0.1, -0.05) is 15.9 Å². The molecule has 2 heterocycles. The summed E-state index contributed by atoms with van der Waals surface area (Å²) >= 11 is 3.47. The molecule has 0 aliphatic rings. The Bertz CT molecular complexity index is 906. The summed E-state index contributed by atoms with van der Waals surface area (Å²) in [5, 5.41) is 10.5. The van der Waals surface area contributed by atoms with Gasteiger partial charge >= 0.3 is 0 Å². The van der Waals surface area contributed by atoms with Crippen LogP contribution in [-0.2, 0) is 0 Å². The summed E-state index contributed by atoms with van der Waals surface area (Å²) in [5.74, 6) is 0.497. The van der Waals surface area contributed by atoms with Crippen LogP contribution in [0.4, 0.5) is 0 Å². The first-order chi connectivity index (χ1) is 10.7. The van der Waals surface area contributed by atoms with Crippen LogP contribution in [0.3, 0.4) is 0 Å². The highest BCUT2D eigenvalue weighted by atomic mass is 79.9. The summed E-state index contributed by atoms with van der Waals surface area (Å²) in [6.45, 7) is 0. The number of nitrogens with zero attached hydrogens (tertiary/aromatic N) is 2. The highest BCUT2D eigenvalue weighted by Gasteiger charge is 2.10. The van der Waals surface area contributed by atoms with Crippen molar-refractivity contribution < 1.29 is 4.74 Å². The van der Waals surface area contributed by atoms with E-state index < -0.39 is 0 Å². The number of halogens is 1. The van der Waals surface area contributed by atoms with Gasteiger partial charge in [0.25, 0.3) is 0 Å². The van der Waals surface area contributed by atoms with Gasteiger partial charge in [0.05, 0.1) is 18.8 Å². The predicted octanol–water partition coefficient (Wildman–Crippen LogP) is 4.40. The Labute approximate surface area is 136 Å². The molecule has 2 aromatic heterocycles. The maximum atomic E-state index is 9.55. The lowest BCUT2D eigenvalue weighted by Gasteiger charge is -2.03. The molecule has 1 N–H and O–H groups in total. The fraction of sp³-hybridized carbons (Fsp3) is 0.0588. The van der Waals surface area contributed by atoms with E-state index in [1.807, 2.05) is 36.5 Å². The molecule has 0 bridgehead atoms. The number of methoxy groups -OCH3 is 1. The van der Waals surface area contributed by atoms with Crippen LogP contribution in [0.2, 0.25) is 0 Å². The lowest BCUT2D eigenvalue weighted by Crippen LogP contribution is -1.90. The molecule has 5 heteroatoms. The van der Waals surface area contributed by atoms with Crippen LogP contribution in [0.1, 0.15) is 11.1 Å². The van der Waals surface area contributed by atoms with Crippen LogP contribution in [0.25, 0.3) is 22.6 Å². The molecule has 3 rings (SSSR count). The average Bonchev–Trinajstić information content (AvgIpc) is 2.95. The number of rotatable bonds is 3. The van der Waals surface area contributed by atoms with Crippen molar-refractivity contribution >= 4 is 38.5 Å². The first-order valence-corrected chi connectivity index (χ1v) is 7.40. The van der Waals surface area contributed by atoms with E-state index in [1.54, 1.807) is 19.4 Å². The van der Waals surface area contributed by atoms with E-state index in [2.05, 4.69) is 32.0 Å². The topological polar surface area (TPSA) is 61.7 Å². The summed E-state index contributed by atoms with van der Waals surface area (Å²) in [4.78, 5) is 7.34.